The predicted octanol–water partition coefficient (Wildman–Crippen LogP) is 2.72. The largest absolute Gasteiger partial charge is 0.461 e. The molecule has 1 N–H and O–H groups in total. The van der Waals surface area contributed by atoms with E-state index >= 15 is 0 Å². The van der Waals surface area contributed by atoms with Crippen LogP contribution >= 0.6 is 0 Å². The zero-order valence-corrected chi connectivity index (χ0v) is 21.5. The van der Waals surface area contributed by atoms with E-state index in [-0.39, 0.29) is 23.7 Å². The molecule has 1 aromatic rings. The maximum atomic E-state index is 12.9. The molecule has 35 heavy (non-hydrogen) atoms. The summed E-state index contributed by atoms with van der Waals surface area (Å²) in [4.78, 5) is 29.8. The maximum Gasteiger partial charge on any atom is 0.410 e. The smallest absolute Gasteiger partial charge is 0.410 e. The standard InChI is InChI=1S/C26H40N6O3/c1-25(2,3)35-24(33)32-18-6-7-19(32)16-30(15-18)22-20-8-11-27-14-21(20)28-23(29-22)34-17-26-9-4-12-31(26)13-5-10-26/h18-19,27H,4-17H2,1-3H3/t18-,19+. The zero-order valence-electron chi connectivity index (χ0n) is 21.5. The number of rotatable bonds is 4. The molecular formula is C26H40N6O3. The lowest BCUT2D eigenvalue weighted by Gasteiger charge is -2.42. The number of ether oxygens (including phenoxy) is 2. The lowest BCUT2D eigenvalue weighted by atomic mass is 9.95. The minimum absolute atomic E-state index is 0.157. The van der Waals surface area contributed by atoms with Crippen LogP contribution in [0.25, 0.3) is 0 Å². The number of nitrogens with one attached hydrogen (secondary N) is 1. The quantitative estimate of drug-likeness (QED) is 0.699. The molecule has 2 atom stereocenters. The molecule has 0 spiro atoms. The highest BCUT2D eigenvalue weighted by atomic mass is 16.6. The Morgan fingerprint density at radius 3 is 2.51 bits per heavy atom. The van der Waals surface area contributed by atoms with Crippen molar-refractivity contribution >= 4 is 11.9 Å². The van der Waals surface area contributed by atoms with Gasteiger partial charge in [-0.1, -0.05) is 0 Å². The number of fused-ring (bicyclic) bond motifs is 4. The van der Waals surface area contributed by atoms with Gasteiger partial charge in [-0.05, 0) is 85.4 Å². The number of anilines is 1. The summed E-state index contributed by atoms with van der Waals surface area (Å²) in [6.45, 7) is 12.1. The molecule has 0 radical (unpaired) electrons. The highest BCUT2D eigenvalue weighted by molar-refractivity contribution is 5.70. The van der Waals surface area contributed by atoms with E-state index in [2.05, 4.69) is 15.1 Å². The average molecular weight is 485 g/mol. The minimum atomic E-state index is -0.480. The Morgan fingerprint density at radius 1 is 1.11 bits per heavy atom. The fraction of sp³-hybridized carbons (Fsp3) is 0.808. The Hall–Kier alpha value is -2.13. The third-order valence-corrected chi connectivity index (χ3v) is 8.56. The Bertz CT molecular complexity index is 955. The van der Waals surface area contributed by atoms with Crippen molar-refractivity contribution in [2.45, 2.75) is 95.5 Å². The Kier molecular flexibility index (Phi) is 5.83. The third-order valence-electron chi connectivity index (χ3n) is 8.56. The number of hydrogen-bond acceptors (Lipinski definition) is 8. The first kappa shape index (κ1) is 23.3. The first-order chi connectivity index (χ1) is 16.8. The molecule has 9 heteroatoms. The highest BCUT2D eigenvalue weighted by Crippen LogP contribution is 2.40. The molecule has 6 heterocycles. The SMILES string of the molecule is CC(C)(C)OC(=O)N1[C@@H]2CC[C@H]1CN(c1nc(OCC34CCCN3CCC4)nc3c1CCNC3)C2. The molecule has 0 saturated carbocycles. The van der Waals surface area contributed by atoms with E-state index in [1.165, 1.54) is 44.3 Å². The molecule has 5 aliphatic rings. The molecule has 2 bridgehead atoms. The molecule has 9 nitrogen and oxygen atoms in total. The number of nitrogens with zero attached hydrogens (tertiary/aromatic N) is 5. The predicted molar refractivity (Wildman–Crippen MR) is 133 cm³/mol. The van der Waals surface area contributed by atoms with Crippen molar-refractivity contribution < 1.29 is 14.3 Å². The van der Waals surface area contributed by atoms with Gasteiger partial charge in [0.05, 0.1) is 23.3 Å². The second kappa shape index (κ2) is 8.76. The van der Waals surface area contributed by atoms with Crippen LogP contribution in [0.2, 0.25) is 0 Å². The number of aromatic nitrogens is 2. The van der Waals surface area contributed by atoms with Crippen LogP contribution in [0.1, 0.15) is 70.6 Å². The fourth-order valence-electron chi connectivity index (χ4n) is 6.99. The first-order valence-corrected chi connectivity index (χ1v) is 13.6. The van der Waals surface area contributed by atoms with Gasteiger partial charge in [-0.15, -0.1) is 0 Å². The monoisotopic (exact) mass is 484 g/mol. The van der Waals surface area contributed by atoms with Crippen molar-refractivity contribution in [1.82, 2.24) is 25.1 Å². The van der Waals surface area contributed by atoms with Crippen LogP contribution in [-0.2, 0) is 17.7 Å². The molecule has 0 unspecified atom stereocenters. The second-order valence-corrected chi connectivity index (χ2v) is 12.1. The summed E-state index contributed by atoms with van der Waals surface area (Å²) in [6, 6.07) is 0.826. The second-order valence-electron chi connectivity index (χ2n) is 12.1. The molecule has 4 fully saturated rings. The van der Waals surface area contributed by atoms with Gasteiger partial charge in [0, 0.05) is 25.2 Å². The van der Waals surface area contributed by atoms with Crippen molar-refractivity contribution in [3.63, 3.8) is 0 Å². The number of piperazine rings is 1. The number of carbonyl (C=O) groups is 1. The van der Waals surface area contributed by atoms with Gasteiger partial charge in [-0.2, -0.15) is 9.97 Å². The summed E-state index contributed by atoms with van der Waals surface area (Å²) in [5.41, 5.74) is 2.00. The minimum Gasteiger partial charge on any atom is -0.461 e. The summed E-state index contributed by atoms with van der Waals surface area (Å²) in [5.74, 6) is 1.01. The molecule has 1 amide bonds. The van der Waals surface area contributed by atoms with Crippen molar-refractivity contribution in [3.8, 4) is 6.01 Å². The highest BCUT2D eigenvalue weighted by Gasteiger charge is 2.46. The lowest BCUT2D eigenvalue weighted by Crippen LogP contribution is -2.57. The molecule has 6 rings (SSSR count). The first-order valence-electron chi connectivity index (χ1n) is 13.6. The van der Waals surface area contributed by atoms with E-state index in [4.69, 9.17) is 19.4 Å². The lowest BCUT2D eigenvalue weighted by molar-refractivity contribution is 0.0122. The maximum absolute atomic E-state index is 12.9. The van der Waals surface area contributed by atoms with Gasteiger partial charge in [-0.3, -0.25) is 9.80 Å². The van der Waals surface area contributed by atoms with Crippen LogP contribution in [0.3, 0.4) is 0 Å². The molecule has 192 valence electrons. The van der Waals surface area contributed by atoms with E-state index in [1.807, 2.05) is 25.7 Å². The van der Waals surface area contributed by atoms with Crippen molar-refractivity contribution in [3.05, 3.63) is 11.3 Å². The van der Waals surface area contributed by atoms with Gasteiger partial charge < -0.3 is 19.7 Å². The number of hydrogen-bond donors (Lipinski definition) is 1. The van der Waals surface area contributed by atoms with Crippen molar-refractivity contribution in [2.24, 2.45) is 0 Å². The third kappa shape index (κ3) is 4.35. The normalized spacial score (nSPS) is 27.6. The number of carbonyl (C=O) groups excluding carboxylic acids is 1. The summed E-state index contributed by atoms with van der Waals surface area (Å²) < 4.78 is 12.1. The molecule has 1 aromatic heterocycles. The summed E-state index contributed by atoms with van der Waals surface area (Å²) in [7, 11) is 0. The Balaban J connectivity index is 1.22. The van der Waals surface area contributed by atoms with E-state index in [0.717, 1.165) is 57.0 Å². The van der Waals surface area contributed by atoms with E-state index in [9.17, 15) is 4.79 Å². The van der Waals surface area contributed by atoms with Gasteiger partial charge in [0.2, 0.25) is 0 Å². The van der Waals surface area contributed by atoms with Crippen LogP contribution in [0.5, 0.6) is 6.01 Å². The molecular weight excluding hydrogens is 444 g/mol. The summed E-state index contributed by atoms with van der Waals surface area (Å²) in [6.07, 6.45) is 7.70. The number of amides is 1. The van der Waals surface area contributed by atoms with Crippen LogP contribution < -0.4 is 15.0 Å². The molecule has 5 aliphatic heterocycles. The van der Waals surface area contributed by atoms with Gasteiger partial charge in [0.25, 0.3) is 0 Å². The molecule has 0 aromatic carbocycles. The van der Waals surface area contributed by atoms with Crippen LogP contribution in [0.15, 0.2) is 0 Å². The van der Waals surface area contributed by atoms with E-state index < -0.39 is 5.60 Å². The van der Waals surface area contributed by atoms with Gasteiger partial charge in [0.15, 0.2) is 0 Å². The zero-order chi connectivity index (χ0) is 24.2. The van der Waals surface area contributed by atoms with Crippen molar-refractivity contribution in [1.29, 1.82) is 0 Å². The van der Waals surface area contributed by atoms with E-state index in [0.29, 0.717) is 12.6 Å². The van der Waals surface area contributed by atoms with Crippen molar-refractivity contribution in [2.75, 3.05) is 44.2 Å². The summed E-state index contributed by atoms with van der Waals surface area (Å²) in [5, 5.41) is 3.46. The molecule has 0 aliphatic carbocycles. The van der Waals surface area contributed by atoms with Gasteiger partial charge >= 0.3 is 12.1 Å². The van der Waals surface area contributed by atoms with Crippen LogP contribution in [0.4, 0.5) is 10.6 Å². The molecule has 4 saturated heterocycles. The Labute approximate surface area is 208 Å². The summed E-state index contributed by atoms with van der Waals surface area (Å²) >= 11 is 0. The fourth-order valence-corrected chi connectivity index (χ4v) is 6.99. The van der Waals surface area contributed by atoms with E-state index in [1.54, 1.807) is 0 Å². The van der Waals surface area contributed by atoms with Gasteiger partial charge in [0.1, 0.15) is 18.0 Å². The van der Waals surface area contributed by atoms with Gasteiger partial charge in [-0.25, -0.2) is 4.79 Å². The van der Waals surface area contributed by atoms with Crippen LogP contribution in [-0.4, -0.2) is 88.4 Å². The topological polar surface area (TPSA) is 83.1 Å². The van der Waals surface area contributed by atoms with Crippen LogP contribution in [0, 0.1) is 0 Å². The average Bonchev–Trinajstić information content (AvgIpc) is 3.47. The Morgan fingerprint density at radius 2 is 1.83 bits per heavy atom.